The molecule has 2 saturated heterocycles. The van der Waals surface area contributed by atoms with Crippen molar-refractivity contribution in [2.75, 3.05) is 39.0 Å². The number of aliphatic carboxylic acids is 1. The van der Waals surface area contributed by atoms with Gasteiger partial charge in [-0.25, -0.2) is 0 Å². The third-order valence-electron chi connectivity index (χ3n) is 4.18. The Morgan fingerprint density at radius 1 is 1.35 bits per heavy atom. The molecule has 0 aromatic carbocycles. The molecule has 0 aromatic rings. The van der Waals surface area contributed by atoms with E-state index in [0.29, 0.717) is 0 Å². The molecule has 2 fully saturated rings. The molecule has 4 nitrogen and oxygen atoms in total. The Labute approximate surface area is 107 Å². The van der Waals surface area contributed by atoms with Crippen molar-refractivity contribution in [1.82, 2.24) is 9.80 Å². The molecule has 0 amide bonds. The monoisotopic (exact) mass is 258 g/mol. The minimum atomic E-state index is -0.623. The first-order chi connectivity index (χ1) is 8.07. The van der Waals surface area contributed by atoms with E-state index in [0.717, 1.165) is 44.8 Å². The van der Waals surface area contributed by atoms with Crippen molar-refractivity contribution in [2.45, 2.75) is 30.6 Å². The maximum Gasteiger partial charge on any atom is 0.325 e. The van der Waals surface area contributed by atoms with Gasteiger partial charge in [0.25, 0.3) is 0 Å². The van der Waals surface area contributed by atoms with E-state index < -0.39 is 11.5 Å². The van der Waals surface area contributed by atoms with Gasteiger partial charge in [-0.1, -0.05) is 6.92 Å². The Kier molecular flexibility index (Phi) is 4.00. The second-order valence-electron chi connectivity index (χ2n) is 5.14. The molecule has 0 saturated carbocycles. The van der Waals surface area contributed by atoms with Crippen LogP contribution in [0.1, 0.15) is 19.8 Å². The number of thioether (sulfide) groups is 1. The van der Waals surface area contributed by atoms with Crippen LogP contribution in [-0.2, 0) is 4.79 Å². The predicted molar refractivity (Wildman–Crippen MR) is 70.6 cm³/mol. The fourth-order valence-corrected chi connectivity index (χ4v) is 4.29. The van der Waals surface area contributed by atoms with Crippen LogP contribution in [0.5, 0.6) is 0 Å². The highest BCUT2D eigenvalue weighted by Gasteiger charge is 2.50. The molecule has 2 atom stereocenters. The van der Waals surface area contributed by atoms with Crippen molar-refractivity contribution >= 4 is 17.7 Å². The molecule has 0 aromatic heterocycles. The van der Waals surface area contributed by atoms with Crippen LogP contribution in [0.4, 0.5) is 0 Å². The van der Waals surface area contributed by atoms with Crippen molar-refractivity contribution in [3.05, 3.63) is 0 Å². The number of carboxylic acid groups (broad SMARTS) is 1. The van der Waals surface area contributed by atoms with E-state index in [9.17, 15) is 9.90 Å². The molecule has 0 aliphatic carbocycles. The second-order valence-corrected chi connectivity index (χ2v) is 6.58. The standard InChI is InChI=1S/C12H22N2O2S/c1-10-12(11(15)16,4-3-9-17-10)14-7-5-13(2)6-8-14/h10H,3-9H2,1-2H3,(H,15,16). The van der Waals surface area contributed by atoms with E-state index >= 15 is 0 Å². The summed E-state index contributed by atoms with van der Waals surface area (Å²) in [5.41, 5.74) is -0.621. The van der Waals surface area contributed by atoms with E-state index in [2.05, 4.69) is 23.8 Å². The molecule has 0 radical (unpaired) electrons. The maximum absolute atomic E-state index is 11.8. The highest BCUT2D eigenvalue weighted by molar-refractivity contribution is 8.00. The van der Waals surface area contributed by atoms with E-state index in [4.69, 9.17) is 0 Å². The molecule has 2 aliphatic heterocycles. The zero-order chi connectivity index (χ0) is 12.5. The quantitative estimate of drug-likeness (QED) is 0.799. The van der Waals surface area contributed by atoms with Crippen LogP contribution in [0, 0.1) is 0 Å². The number of carbonyl (C=O) groups is 1. The number of hydrogen-bond acceptors (Lipinski definition) is 4. The molecular weight excluding hydrogens is 236 g/mol. The molecule has 2 unspecified atom stereocenters. The first kappa shape index (κ1) is 13.2. The smallest absolute Gasteiger partial charge is 0.325 e. The number of carboxylic acids is 1. The van der Waals surface area contributed by atoms with Gasteiger partial charge in [-0.05, 0) is 25.6 Å². The Morgan fingerprint density at radius 2 is 2.00 bits per heavy atom. The summed E-state index contributed by atoms with van der Waals surface area (Å²) in [7, 11) is 2.10. The van der Waals surface area contributed by atoms with Gasteiger partial charge in [-0.2, -0.15) is 11.8 Å². The Balaban J connectivity index is 2.18. The Morgan fingerprint density at radius 3 is 2.53 bits per heavy atom. The average molecular weight is 258 g/mol. The first-order valence-corrected chi connectivity index (χ1v) is 7.41. The molecule has 2 rings (SSSR count). The van der Waals surface area contributed by atoms with Gasteiger partial charge in [0, 0.05) is 31.4 Å². The lowest BCUT2D eigenvalue weighted by Gasteiger charge is -2.49. The first-order valence-electron chi connectivity index (χ1n) is 6.36. The second kappa shape index (κ2) is 5.16. The van der Waals surface area contributed by atoms with E-state index in [1.165, 1.54) is 0 Å². The number of rotatable bonds is 2. The van der Waals surface area contributed by atoms with Crippen LogP contribution < -0.4 is 0 Å². The zero-order valence-corrected chi connectivity index (χ0v) is 11.5. The van der Waals surface area contributed by atoms with Crippen LogP contribution in [0.25, 0.3) is 0 Å². The van der Waals surface area contributed by atoms with Gasteiger partial charge < -0.3 is 10.0 Å². The van der Waals surface area contributed by atoms with Gasteiger partial charge in [-0.3, -0.25) is 9.69 Å². The van der Waals surface area contributed by atoms with Crippen molar-refractivity contribution in [2.24, 2.45) is 0 Å². The Bertz CT molecular complexity index is 292. The van der Waals surface area contributed by atoms with E-state index in [1.807, 2.05) is 11.8 Å². The fourth-order valence-electron chi connectivity index (χ4n) is 2.98. The van der Waals surface area contributed by atoms with Gasteiger partial charge in [-0.15, -0.1) is 0 Å². The number of hydrogen-bond donors (Lipinski definition) is 1. The van der Waals surface area contributed by atoms with Gasteiger partial charge in [0.1, 0.15) is 5.54 Å². The van der Waals surface area contributed by atoms with Crippen LogP contribution in [0.15, 0.2) is 0 Å². The summed E-state index contributed by atoms with van der Waals surface area (Å²) in [5.74, 6) is 0.478. The maximum atomic E-state index is 11.8. The fraction of sp³-hybridized carbons (Fsp3) is 0.917. The highest BCUT2D eigenvalue weighted by atomic mass is 32.2. The third-order valence-corrected chi connectivity index (χ3v) is 5.59. The van der Waals surface area contributed by atoms with Crippen molar-refractivity contribution in [3.63, 3.8) is 0 Å². The van der Waals surface area contributed by atoms with Crippen LogP contribution >= 0.6 is 11.8 Å². The van der Waals surface area contributed by atoms with Crippen LogP contribution in [0.2, 0.25) is 0 Å². The molecule has 1 N–H and O–H groups in total. The van der Waals surface area contributed by atoms with Gasteiger partial charge in [0.2, 0.25) is 0 Å². The zero-order valence-electron chi connectivity index (χ0n) is 10.7. The van der Waals surface area contributed by atoms with Crippen molar-refractivity contribution in [1.29, 1.82) is 0 Å². The topological polar surface area (TPSA) is 43.8 Å². The van der Waals surface area contributed by atoms with Crippen LogP contribution in [-0.4, -0.2) is 70.6 Å². The molecule has 17 heavy (non-hydrogen) atoms. The number of likely N-dealkylation sites (N-methyl/N-ethyl adjacent to an activating group) is 1. The SMILES string of the molecule is CC1SCCCC1(C(=O)O)N1CCN(C)CC1. The number of piperazine rings is 1. The molecule has 2 aliphatic rings. The van der Waals surface area contributed by atoms with Crippen molar-refractivity contribution in [3.8, 4) is 0 Å². The summed E-state index contributed by atoms with van der Waals surface area (Å²) < 4.78 is 0. The Hall–Kier alpha value is -0.260. The molecule has 0 bridgehead atoms. The summed E-state index contributed by atoms with van der Waals surface area (Å²) >= 11 is 1.81. The predicted octanol–water partition coefficient (Wildman–Crippen LogP) is 0.973. The lowest BCUT2D eigenvalue weighted by molar-refractivity contribution is -0.153. The van der Waals surface area contributed by atoms with Gasteiger partial charge >= 0.3 is 5.97 Å². The molecular formula is C12H22N2O2S. The molecule has 0 spiro atoms. The minimum absolute atomic E-state index is 0.192. The average Bonchev–Trinajstić information content (AvgIpc) is 2.31. The number of nitrogens with zero attached hydrogens (tertiary/aromatic N) is 2. The summed E-state index contributed by atoms with van der Waals surface area (Å²) in [6, 6.07) is 0. The van der Waals surface area contributed by atoms with Gasteiger partial charge in [0.15, 0.2) is 0 Å². The summed E-state index contributed by atoms with van der Waals surface area (Å²) in [6.07, 6.45) is 1.83. The van der Waals surface area contributed by atoms with E-state index in [-0.39, 0.29) is 5.25 Å². The largest absolute Gasteiger partial charge is 0.480 e. The molecule has 98 valence electrons. The lowest BCUT2D eigenvalue weighted by Crippen LogP contribution is -2.65. The van der Waals surface area contributed by atoms with E-state index in [1.54, 1.807) is 0 Å². The van der Waals surface area contributed by atoms with Crippen molar-refractivity contribution < 1.29 is 9.90 Å². The van der Waals surface area contributed by atoms with Gasteiger partial charge in [0.05, 0.1) is 0 Å². The summed E-state index contributed by atoms with van der Waals surface area (Å²) in [4.78, 5) is 16.3. The normalized spacial score (nSPS) is 36.9. The summed E-state index contributed by atoms with van der Waals surface area (Å²) in [6.45, 7) is 5.80. The van der Waals surface area contributed by atoms with Crippen LogP contribution in [0.3, 0.4) is 0 Å². The lowest BCUT2D eigenvalue weighted by atomic mass is 9.87. The third kappa shape index (κ3) is 2.33. The molecule has 2 heterocycles. The highest BCUT2D eigenvalue weighted by Crippen LogP contribution is 2.39. The summed E-state index contributed by atoms with van der Waals surface area (Å²) in [5, 5.41) is 9.90. The molecule has 5 heteroatoms. The minimum Gasteiger partial charge on any atom is -0.480 e.